The maximum atomic E-state index is 4.68. The Bertz CT molecular complexity index is 431. The molecule has 19 heavy (non-hydrogen) atoms. The first-order valence-electron chi connectivity index (χ1n) is 7.73. The molecule has 0 bridgehead atoms. The highest BCUT2D eigenvalue weighted by atomic mass is 15.3. The number of aromatic nitrogens is 2. The molecule has 0 saturated heterocycles. The van der Waals surface area contributed by atoms with Crippen LogP contribution in [0.2, 0.25) is 0 Å². The highest BCUT2D eigenvalue weighted by molar-refractivity contribution is 5.25. The molecule has 1 atom stereocenters. The lowest BCUT2D eigenvalue weighted by molar-refractivity contribution is 0.542. The van der Waals surface area contributed by atoms with Crippen molar-refractivity contribution >= 4 is 0 Å². The summed E-state index contributed by atoms with van der Waals surface area (Å²) in [6.45, 7) is 5.29. The summed E-state index contributed by atoms with van der Waals surface area (Å²) in [6, 6.07) is 2.61. The largest absolute Gasteiger partial charge is 0.308 e. The summed E-state index contributed by atoms with van der Waals surface area (Å²) >= 11 is 0. The van der Waals surface area contributed by atoms with Gasteiger partial charge < -0.3 is 5.32 Å². The van der Waals surface area contributed by atoms with Gasteiger partial charge in [-0.15, -0.1) is 0 Å². The summed E-state index contributed by atoms with van der Waals surface area (Å²) in [7, 11) is 2.06. The molecule has 1 heterocycles. The van der Waals surface area contributed by atoms with Crippen molar-refractivity contribution in [3.05, 3.63) is 29.1 Å². The Balaban J connectivity index is 2.29. The van der Waals surface area contributed by atoms with Crippen molar-refractivity contribution in [3.63, 3.8) is 0 Å². The molecular weight excluding hydrogens is 234 g/mol. The Morgan fingerprint density at radius 3 is 2.84 bits per heavy atom. The van der Waals surface area contributed by atoms with Crippen LogP contribution in [0.5, 0.6) is 0 Å². The van der Waals surface area contributed by atoms with Crippen LogP contribution in [-0.4, -0.2) is 16.8 Å². The van der Waals surface area contributed by atoms with E-state index in [1.165, 1.54) is 43.5 Å². The zero-order valence-electron chi connectivity index (χ0n) is 12.6. The van der Waals surface area contributed by atoms with Crippen LogP contribution in [-0.2, 0) is 13.0 Å². The highest BCUT2D eigenvalue weighted by Gasteiger charge is 2.20. The lowest BCUT2D eigenvalue weighted by Gasteiger charge is -2.20. The molecule has 0 fully saturated rings. The van der Waals surface area contributed by atoms with Crippen LogP contribution in [0.3, 0.4) is 0 Å². The zero-order chi connectivity index (χ0) is 13.7. The lowest BCUT2D eigenvalue weighted by Crippen LogP contribution is -2.22. The molecule has 3 nitrogen and oxygen atoms in total. The minimum atomic E-state index is 0.339. The van der Waals surface area contributed by atoms with Crippen LogP contribution in [0.15, 0.2) is 17.7 Å². The first kappa shape index (κ1) is 14.3. The van der Waals surface area contributed by atoms with E-state index in [1.807, 2.05) is 0 Å². The van der Waals surface area contributed by atoms with E-state index >= 15 is 0 Å². The number of nitrogens with one attached hydrogen (secondary N) is 1. The average molecular weight is 261 g/mol. The van der Waals surface area contributed by atoms with Gasteiger partial charge in [-0.2, -0.15) is 5.10 Å². The van der Waals surface area contributed by atoms with Gasteiger partial charge in [-0.3, -0.25) is 4.68 Å². The van der Waals surface area contributed by atoms with Gasteiger partial charge in [0.25, 0.3) is 0 Å². The Labute approximate surface area is 117 Å². The Hall–Kier alpha value is -1.09. The molecule has 1 aromatic rings. The van der Waals surface area contributed by atoms with Gasteiger partial charge in [0, 0.05) is 6.54 Å². The minimum Gasteiger partial charge on any atom is -0.308 e. The second-order valence-electron chi connectivity index (χ2n) is 5.33. The van der Waals surface area contributed by atoms with Crippen LogP contribution in [0, 0.1) is 0 Å². The topological polar surface area (TPSA) is 29.9 Å². The summed E-state index contributed by atoms with van der Waals surface area (Å²) in [5.41, 5.74) is 4.08. The zero-order valence-corrected chi connectivity index (χ0v) is 12.6. The number of likely N-dealkylation sites (N-methyl/N-ethyl adjacent to an activating group) is 1. The predicted octanol–water partition coefficient (Wildman–Crippen LogP) is 3.62. The van der Waals surface area contributed by atoms with Crippen molar-refractivity contribution in [2.24, 2.45) is 0 Å². The molecule has 0 radical (unpaired) electrons. The Kier molecular flexibility index (Phi) is 5.20. The predicted molar refractivity (Wildman–Crippen MR) is 80.2 cm³/mol. The molecule has 1 aliphatic rings. The average Bonchev–Trinajstić information content (AvgIpc) is 2.66. The van der Waals surface area contributed by atoms with Crippen LogP contribution < -0.4 is 5.32 Å². The molecule has 3 heteroatoms. The van der Waals surface area contributed by atoms with E-state index in [1.54, 1.807) is 5.57 Å². The standard InChI is InChI=1S/C16H27N3/c1-4-14-12-15(19(5-2)18-14)16(17-3)13-10-8-6-7-9-11-13/h10,12,16-17H,4-9,11H2,1-3H3. The molecule has 2 rings (SSSR count). The molecular formula is C16H27N3. The molecule has 0 amide bonds. The van der Waals surface area contributed by atoms with Gasteiger partial charge in [-0.25, -0.2) is 0 Å². The molecule has 0 saturated carbocycles. The summed E-state index contributed by atoms with van der Waals surface area (Å²) in [5.74, 6) is 0. The van der Waals surface area contributed by atoms with Crippen molar-refractivity contribution in [2.75, 3.05) is 7.05 Å². The number of hydrogen-bond acceptors (Lipinski definition) is 2. The molecule has 1 N–H and O–H groups in total. The van der Waals surface area contributed by atoms with Crippen LogP contribution in [0.4, 0.5) is 0 Å². The van der Waals surface area contributed by atoms with Crippen molar-refractivity contribution in [2.45, 2.75) is 65.0 Å². The first-order chi connectivity index (χ1) is 9.30. The van der Waals surface area contributed by atoms with E-state index in [0.717, 1.165) is 13.0 Å². The summed E-state index contributed by atoms with van der Waals surface area (Å²) in [5, 5.41) is 8.18. The van der Waals surface area contributed by atoms with Crippen molar-refractivity contribution in [1.29, 1.82) is 0 Å². The molecule has 0 aliphatic heterocycles. The third kappa shape index (κ3) is 3.27. The van der Waals surface area contributed by atoms with E-state index in [-0.39, 0.29) is 0 Å². The first-order valence-corrected chi connectivity index (χ1v) is 7.73. The monoisotopic (exact) mass is 261 g/mol. The van der Waals surface area contributed by atoms with Gasteiger partial charge in [-0.05, 0) is 52.1 Å². The third-order valence-corrected chi connectivity index (χ3v) is 4.05. The Morgan fingerprint density at radius 1 is 1.32 bits per heavy atom. The fourth-order valence-corrected chi connectivity index (χ4v) is 2.97. The van der Waals surface area contributed by atoms with E-state index < -0.39 is 0 Å². The van der Waals surface area contributed by atoms with Crippen LogP contribution in [0.1, 0.15) is 63.4 Å². The lowest BCUT2D eigenvalue weighted by atomic mass is 9.99. The van der Waals surface area contributed by atoms with E-state index in [9.17, 15) is 0 Å². The van der Waals surface area contributed by atoms with Crippen molar-refractivity contribution in [1.82, 2.24) is 15.1 Å². The van der Waals surface area contributed by atoms with Gasteiger partial charge in [-0.1, -0.05) is 25.0 Å². The molecule has 0 aromatic carbocycles. The molecule has 1 unspecified atom stereocenters. The van der Waals surface area contributed by atoms with Gasteiger partial charge in [0.05, 0.1) is 17.4 Å². The fraction of sp³-hybridized carbons (Fsp3) is 0.688. The normalized spacial score (nSPS) is 17.9. The third-order valence-electron chi connectivity index (χ3n) is 4.05. The maximum absolute atomic E-state index is 4.68. The van der Waals surface area contributed by atoms with Crippen molar-refractivity contribution in [3.8, 4) is 0 Å². The molecule has 1 aliphatic carbocycles. The molecule has 1 aromatic heterocycles. The van der Waals surface area contributed by atoms with E-state index in [4.69, 9.17) is 0 Å². The van der Waals surface area contributed by atoms with Crippen LogP contribution >= 0.6 is 0 Å². The minimum absolute atomic E-state index is 0.339. The maximum Gasteiger partial charge on any atom is 0.0705 e. The van der Waals surface area contributed by atoms with Gasteiger partial charge >= 0.3 is 0 Å². The van der Waals surface area contributed by atoms with Crippen molar-refractivity contribution < 1.29 is 0 Å². The SMILES string of the molecule is CCc1cc(C(NC)C2=CCCCCC2)n(CC)n1. The molecule has 106 valence electrons. The highest BCUT2D eigenvalue weighted by Crippen LogP contribution is 2.29. The van der Waals surface area contributed by atoms with Gasteiger partial charge in [0.15, 0.2) is 0 Å². The smallest absolute Gasteiger partial charge is 0.0705 e. The summed E-state index contributed by atoms with van der Waals surface area (Å²) < 4.78 is 2.16. The number of nitrogens with zero attached hydrogens (tertiary/aromatic N) is 2. The quantitative estimate of drug-likeness (QED) is 0.820. The molecule has 0 spiro atoms. The number of allylic oxidation sites excluding steroid dienone is 1. The number of aryl methyl sites for hydroxylation is 2. The van der Waals surface area contributed by atoms with Gasteiger partial charge in [0.2, 0.25) is 0 Å². The summed E-state index contributed by atoms with van der Waals surface area (Å²) in [6.07, 6.45) is 9.94. The van der Waals surface area contributed by atoms with Gasteiger partial charge in [0.1, 0.15) is 0 Å². The van der Waals surface area contributed by atoms with E-state index in [0.29, 0.717) is 6.04 Å². The van der Waals surface area contributed by atoms with Crippen LogP contribution in [0.25, 0.3) is 0 Å². The van der Waals surface area contributed by atoms with E-state index in [2.05, 4.69) is 48.1 Å². The fourth-order valence-electron chi connectivity index (χ4n) is 2.97. The second kappa shape index (κ2) is 6.90. The Morgan fingerprint density at radius 2 is 2.16 bits per heavy atom. The number of hydrogen-bond donors (Lipinski definition) is 1. The number of rotatable bonds is 5. The summed E-state index contributed by atoms with van der Waals surface area (Å²) in [4.78, 5) is 0. The second-order valence-corrected chi connectivity index (χ2v) is 5.33.